The van der Waals surface area contributed by atoms with Crippen molar-refractivity contribution in [3.05, 3.63) is 49.7 Å². The second kappa shape index (κ2) is 7.99. The molecule has 7 heteroatoms. The Morgan fingerprint density at radius 3 is 2.30 bits per heavy atom. The van der Waals surface area contributed by atoms with Gasteiger partial charge in [-0.1, -0.05) is 23.2 Å². The van der Waals surface area contributed by atoms with E-state index in [1.807, 2.05) is 0 Å². The lowest BCUT2D eigenvalue weighted by molar-refractivity contribution is -0.000403. The minimum atomic E-state index is -0.173. The van der Waals surface area contributed by atoms with Gasteiger partial charge in [-0.3, -0.25) is 9.79 Å². The van der Waals surface area contributed by atoms with Gasteiger partial charge < -0.3 is 9.88 Å². The van der Waals surface area contributed by atoms with E-state index in [4.69, 9.17) is 28.2 Å². The third-order valence-electron chi connectivity index (χ3n) is 7.09. The first-order chi connectivity index (χ1) is 14.4. The average Bonchev–Trinajstić information content (AvgIpc) is 3.05. The summed E-state index contributed by atoms with van der Waals surface area (Å²) in [6.45, 7) is 3.46. The van der Waals surface area contributed by atoms with E-state index in [0.29, 0.717) is 22.2 Å². The predicted octanol–water partition coefficient (Wildman–Crippen LogP) is 5.68. The summed E-state index contributed by atoms with van der Waals surface area (Å²) in [4.78, 5) is 19.1. The van der Waals surface area contributed by atoms with Crippen molar-refractivity contribution in [2.24, 2.45) is 22.7 Å². The number of hydrogen-bond donors (Lipinski definition) is 1. The highest BCUT2D eigenvalue weighted by molar-refractivity contribution is 7.07. The standard InChI is InChI=1S/C23H27Cl2N3OS/c1-2-28-20(12-26-21(29)17-6-18(24)8-19(25)7-17)13-30-22(28)27-23-9-14-3-15(10-23)5-16(4-14)11-23/h6-8,13-16H,2-5,9-12H2,1H3,(H,26,29). The Morgan fingerprint density at radius 1 is 1.13 bits per heavy atom. The number of rotatable bonds is 5. The zero-order valence-electron chi connectivity index (χ0n) is 17.2. The number of thiazole rings is 1. The molecule has 4 nitrogen and oxygen atoms in total. The summed E-state index contributed by atoms with van der Waals surface area (Å²) in [5.74, 6) is 2.49. The molecule has 0 aliphatic heterocycles. The highest BCUT2D eigenvalue weighted by Gasteiger charge is 2.51. The van der Waals surface area contributed by atoms with Gasteiger partial charge >= 0.3 is 0 Å². The van der Waals surface area contributed by atoms with Gasteiger partial charge in [-0.05, 0) is 81.4 Å². The van der Waals surface area contributed by atoms with Crippen LogP contribution in [-0.4, -0.2) is 16.0 Å². The minimum Gasteiger partial charge on any atom is -0.346 e. The van der Waals surface area contributed by atoms with E-state index in [1.54, 1.807) is 29.5 Å². The van der Waals surface area contributed by atoms with Crippen LogP contribution in [0.25, 0.3) is 0 Å². The van der Waals surface area contributed by atoms with Crippen LogP contribution < -0.4 is 10.1 Å². The van der Waals surface area contributed by atoms with Gasteiger partial charge in [-0.2, -0.15) is 0 Å². The van der Waals surface area contributed by atoms with E-state index in [0.717, 1.165) is 34.8 Å². The van der Waals surface area contributed by atoms with Crippen LogP contribution in [0, 0.1) is 17.8 Å². The maximum atomic E-state index is 12.6. The van der Waals surface area contributed by atoms with Gasteiger partial charge in [0.1, 0.15) is 0 Å². The number of hydrogen-bond acceptors (Lipinski definition) is 3. The highest BCUT2D eigenvalue weighted by atomic mass is 35.5. The van der Waals surface area contributed by atoms with Gasteiger partial charge in [-0.15, -0.1) is 11.3 Å². The Morgan fingerprint density at radius 2 is 1.73 bits per heavy atom. The van der Waals surface area contributed by atoms with Crippen molar-refractivity contribution in [3.8, 4) is 0 Å². The summed E-state index contributed by atoms with van der Waals surface area (Å²) < 4.78 is 2.26. The zero-order chi connectivity index (χ0) is 20.9. The number of nitrogens with one attached hydrogen (secondary N) is 1. The fraction of sp³-hybridized carbons (Fsp3) is 0.565. The number of aromatic nitrogens is 1. The summed E-state index contributed by atoms with van der Waals surface area (Å²) >= 11 is 13.8. The van der Waals surface area contributed by atoms with Crippen LogP contribution in [0.2, 0.25) is 10.0 Å². The van der Waals surface area contributed by atoms with Gasteiger partial charge in [0, 0.05) is 33.2 Å². The monoisotopic (exact) mass is 463 g/mol. The van der Waals surface area contributed by atoms with Crippen LogP contribution in [0.1, 0.15) is 61.5 Å². The number of nitrogens with zero attached hydrogens (tertiary/aromatic N) is 2. The van der Waals surface area contributed by atoms with Gasteiger partial charge in [0.2, 0.25) is 0 Å². The molecule has 0 radical (unpaired) electrons. The molecule has 4 aliphatic rings. The molecule has 0 atom stereocenters. The molecule has 1 N–H and O–H groups in total. The molecule has 1 heterocycles. The maximum absolute atomic E-state index is 12.6. The Balaban J connectivity index is 1.35. The lowest BCUT2D eigenvalue weighted by Gasteiger charge is -2.54. The van der Waals surface area contributed by atoms with E-state index >= 15 is 0 Å². The molecule has 0 spiro atoms. The fourth-order valence-corrected chi connectivity index (χ4v) is 7.89. The number of halogens is 2. The molecule has 4 saturated carbocycles. The van der Waals surface area contributed by atoms with Crippen molar-refractivity contribution in [3.63, 3.8) is 0 Å². The van der Waals surface area contributed by atoms with Crippen molar-refractivity contribution in [1.82, 2.24) is 9.88 Å². The van der Waals surface area contributed by atoms with Crippen LogP contribution in [0.3, 0.4) is 0 Å². The Labute approximate surface area is 191 Å². The lowest BCUT2D eigenvalue weighted by atomic mass is 9.53. The molecule has 30 heavy (non-hydrogen) atoms. The number of benzene rings is 1. The van der Waals surface area contributed by atoms with E-state index in [9.17, 15) is 4.79 Å². The van der Waals surface area contributed by atoms with Gasteiger partial charge in [0.25, 0.3) is 5.91 Å². The lowest BCUT2D eigenvalue weighted by Crippen LogP contribution is -2.50. The molecular weight excluding hydrogens is 437 g/mol. The first-order valence-corrected chi connectivity index (χ1v) is 12.5. The molecule has 0 saturated heterocycles. The van der Waals surface area contributed by atoms with Gasteiger partial charge in [0.05, 0.1) is 12.1 Å². The molecule has 1 aromatic heterocycles. The summed E-state index contributed by atoms with van der Waals surface area (Å²) in [7, 11) is 0. The summed E-state index contributed by atoms with van der Waals surface area (Å²) in [6.07, 6.45) is 8.08. The second-order valence-electron chi connectivity index (χ2n) is 9.35. The fourth-order valence-electron chi connectivity index (χ4n) is 6.30. The molecule has 0 unspecified atom stereocenters. The third kappa shape index (κ3) is 3.96. The average molecular weight is 464 g/mol. The number of carbonyl (C=O) groups excluding carboxylic acids is 1. The summed E-state index contributed by atoms with van der Waals surface area (Å²) in [5.41, 5.74) is 1.73. The molecule has 4 aliphatic carbocycles. The van der Waals surface area contributed by atoms with Crippen LogP contribution in [-0.2, 0) is 13.1 Å². The largest absolute Gasteiger partial charge is 0.346 e. The Hall–Kier alpha value is -1.30. The molecule has 2 aromatic rings. The van der Waals surface area contributed by atoms with E-state index in [2.05, 4.69) is 22.2 Å². The zero-order valence-corrected chi connectivity index (χ0v) is 19.5. The highest BCUT2D eigenvalue weighted by Crippen LogP contribution is 2.57. The van der Waals surface area contributed by atoms with Crippen molar-refractivity contribution >= 4 is 40.4 Å². The predicted molar refractivity (Wildman–Crippen MR) is 122 cm³/mol. The minimum absolute atomic E-state index is 0.161. The maximum Gasteiger partial charge on any atom is 0.251 e. The van der Waals surface area contributed by atoms with Crippen LogP contribution in [0.4, 0.5) is 0 Å². The topological polar surface area (TPSA) is 46.4 Å². The Kier molecular flexibility index (Phi) is 5.49. The normalized spacial score (nSPS) is 30.1. The van der Waals surface area contributed by atoms with Crippen LogP contribution in [0.5, 0.6) is 0 Å². The molecule has 4 bridgehead atoms. The molecular formula is C23H27Cl2N3OS. The van der Waals surface area contributed by atoms with Crippen molar-refractivity contribution in [1.29, 1.82) is 0 Å². The molecule has 160 valence electrons. The summed E-state index contributed by atoms with van der Waals surface area (Å²) in [5, 5.41) is 6.06. The van der Waals surface area contributed by atoms with E-state index in [1.165, 1.54) is 38.5 Å². The molecule has 1 aromatic carbocycles. The first-order valence-electron chi connectivity index (χ1n) is 10.9. The molecule has 4 fully saturated rings. The molecule has 6 rings (SSSR count). The molecule has 1 amide bonds. The first kappa shape index (κ1) is 20.6. The van der Waals surface area contributed by atoms with Crippen LogP contribution >= 0.6 is 34.5 Å². The van der Waals surface area contributed by atoms with Crippen molar-refractivity contribution in [2.45, 2.75) is 64.1 Å². The Bertz CT molecular complexity index is 986. The van der Waals surface area contributed by atoms with E-state index in [-0.39, 0.29) is 11.4 Å². The smallest absolute Gasteiger partial charge is 0.251 e. The van der Waals surface area contributed by atoms with Crippen LogP contribution in [0.15, 0.2) is 28.6 Å². The van der Waals surface area contributed by atoms with Gasteiger partial charge in [-0.25, -0.2) is 0 Å². The number of carbonyl (C=O) groups is 1. The van der Waals surface area contributed by atoms with Crippen molar-refractivity contribution < 1.29 is 4.79 Å². The quantitative estimate of drug-likeness (QED) is 0.609. The van der Waals surface area contributed by atoms with Gasteiger partial charge in [0.15, 0.2) is 4.80 Å². The SMILES string of the molecule is CCn1c(CNC(=O)c2cc(Cl)cc(Cl)c2)csc1=NC12CC3CC(CC(C3)C1)C2. The third-order valence-corrected chi connectivity index (χ3v) is 8.44. The van der Waals surface area contributed by atoms with Crippen molar-refractivity contribution in [2.75, 3.05) is 0 Å². The second-order valence-corrected chi connectivity index (χ2v) is 11.1. The number of amides is 1. The van der Waals surface area contributed by atoms with E-state index < -0.39 is 0 Å². The summed E-state index contributed by atoms with van der Waals surface area (Å²) in [6, 6.07) is 4.90.